The number of fused-ring (bicyclic) bond motifs is 1. The zero-order valence-electron chi connectivity index (χ0n) is 15.1. The van der Waals surface area contributed by atoms with Gasteiger partial charge in [-0.1, -0.05) is 18.2 Å². The molecule has 1 aromatic carbocycles. The third kappa shape index (κ3) is 3.51. The van der Waals surface area contributed by atoms with Gasteiger partial charge in [0.05, 0.1) is 11.1 Å². The van der Waals surface area contributed by atoms with Crippen LogP contribution in [0.25, 0.3) is 0 Å². The summed E-state index contributed by atoms with van der Waals surface area (Å²) in [5, 5.41) is 11.3. The Bertz CT molecular complexity index is 1090. The number of carbonyl (C=O) groups excluding carboxylic acids is 2. The smallest absolute Gasteiger partial charge is 0.311 e. The van der Waals surface area contributed by atoms with E-state index in [9.17, 15) is 22.8 Å². The molecule has 0 aliphatic carbocycles. The molecule has 10 heteroatoms. The van der Waals surface area contributed by atoms with Crippen molar-refractivity contribution >= 4 is 34.8 Å². The summed E-state index contributed by atoms with van der Waals surface area (Å²) in [6.45, 7) is 0. The van der Waals surface area contributed by atoms with Crippen molar-refractivity contribution in [1.29, 1.82) is 0 Å². The molecule has 0 spiro atoms. The maximum absolute atomic E-state index is 13.3. The lowest BCUT2D eigenvalue weighted by Crippen LogP contribution is -2.25. The first-order valence-electron chi connectivity index (χ1n) is 8.63. The fraction of sp³-hybridized carbons (Fsp3) is 0.211. The van der Waals surface area contributed by atoms with Gasteiger partial charge >= 0.3 is 6.18 Å². The van der Waals surface area contributed by atoms with Crippen LogP contribution in [-0.2, 0) is 18.0 Å². The predicted molar refractivity (Wildman–Crippen MR) is 102 cm³/mol. The van der Waals surface area contributed by atoms with E-state index in [4.69, 9.17) is 0 Å². The minimum Gasteiger partial charge on any atom is -0.311 e. The second-order valence-corrected chi connectivity index (χ2v) is 7.53. The Morgan fingerprint density at radius 2 is 2.03 bits per heavy atom. The van der Waals surface area contributed by atoms with Crippen LogP contribution < -0.4 is 10.6 Å². The van der Waals surface area contributed by atoms with Gasteiger partial charge in [0.1, 0.15) is 5.82 Å². The third-order valence-electron chi connectivity index (χ3n) is 4.68. The maximum atomic E-state index is 13.3. The monoisotopic (exact) mass is 420 g/mol. The van der Waals surface area contributed by atoms with Crippen molar-refractivity contribution in [2.45, 2.75) is 18.5 Å². The highest BCUT2D eigenvalue weighted by Crippen LogP contribution is 2.43. The third-order valence-corrected chi connectivity index (χ3v) is 5.66. The molecule has 1 aliphatic heterocycles. The van der Waals surface area contributed by atoms with Gasteiger partial charge < -0.3 is 10.6 Å². The van der Waals surface area contributed by atoms with Gasteiger partial charge in [-0.3, -0.25) is 14.3 Å². The summed E-state index contributed by atoms with van der Waals surface area (Å²) < 4.78 is 41.2. The number of hydrogen-bond acceptors (Lipinski definition) is 4. The lowest BCUT2D eigenvalue weighted by atomic mass is 9.92. The number of carbonyl (C=O) groups is 2. The van der Waals surface area contributed by atoms with Crippen molar-refractivity contribution in [3.05, 3.63) is 63.3 Å². The Labute approximate surface area is 167 Å². The molecule has 29 heavy (non-hydrogen) atoms. The molecule has 0 saturated carbocycles. The van der Waals surface area contributed by atoms with Crippen LogP contribution in [0, 0.1) is 0 Å². The van der Waals surface area contributed by atoms with Crippen molar-refractivity contribution in [2.24, 2.45) is 7.05 Å². The highest BCUT2D eigenvalue weighted by atomic mass is 32.1. The number of aromatic nitrogens is 2. The van der Waals surface area contributed by atoms with E-state index in [-0.39, 0.29) is 24.1 Å². The number of anilines is 2. The molecule has 0 bridgehead atoms. The number of benzene rings is 1. The number of rotatable bonds is 3. The summed E-state index contributed by atoms with van der Waals surface area (Å²) in [4.78, 5) is 25.7. The summed E-state index contributed by atoms with van der Waals surface area (Å²) in [6.07, 6.45) is -4.51. The van der Waals surface area contributed by atoms with Crippen molar-refractivity contribution in [3.8, 4) is 0 Å². The molecule has 2 amide bonds. The Morgan fingerprint density at radius 1 is 1.28 bits per heavy atom. The van der Waals surface area contributed by atoms with Crippen LogP contribution in [0.2, 0.25) is 0 Å². The second-order valence-electron chi connectivity index (χ2n) is 6.55. The maximum Gasteiger partial charge on any atom is 0.417 e. The Morgan fingerprint density at radius 3 is 2.72 bits per heavy atom. The number of nitrogens with zero attached hydrogens (tertiary/aromatic N) is 2. The van der Waals surface area contributed by atoms with E-state index in [0.29, 0.717) is 11.4 Å². The molecule has 1 aliphatic rings. The molecular formula is C19H15F3N4O2S. The van der Waals surface area contributed by atoms with E-state index >= 15 is 0 Å². The predicted octanol–water partition coefficient (Wildman–Crippen LogP) is 4.23. The molecule has 150 valence electrons. The van der Waals surface area contributed by atoms with E-state index in [1.807, 2.05) is 17.5 Å². The molecular weight excluding hydrogens is 405 g/mol. The SMILES string of the molecule is Cn1nc(NC(=O)c2ccccc2C(F)(F)F)c2c1NC(=O)CC2c1cccs1. The standard InChI is InChI=1S/C19H15F3N4O2S/c1-26-17-15(11(9-14(27)23-17)13-7-4-8-29-13)16(25-26)24-18(28)10-5-2-3-6-12(10)19(20,21)22/h2-8,11H,9H2,1H3,(H,23,27)(H,24,25,28). The molecule has 2 N–H and O–H groups in total. The largest absolute Gasteiger partial charge is 0.417 e. The van der Waals surface area contributed by atoms with Gasteiger partial charge in [0, 0.05) is 29.8 Å². The zero-order chi connectivity index (χ0) is 20.8. The number of thiophene rings is 1. The summed E-state index contributed by atoms with van der Waals surface area (Å²) in [5.41, 5.74) is -0.940. The van der Waals surface area contributed by atoms with Gasteiger partial charge in [0.25, 0.3) is 5.91 Å². The van der Waals surface area contributed by atoms with Gasteiger partial charge in [-0.25, -0.2) is 0 Å². The molecule has 3 heterocycles. The number of alkyl halides is 3. The molecule has 4 rings (SSSR count). The number of aryl methyl sites for hydroxylation is 1. The first-order chi connectivity index (χ1) is 13.8. The van der Waals surface area contributed by atoms with Crippen molar-refractivity contribution < 1.29 is 22.8 Å². The first kappa shape index (κ1) is 19.2. The van der Waals surface area contributed by atoms with Gasteiger partial charge in [0.15, 0.2) is 5.82 Å². The van der Waals surface area contributed by atoms with Crippen LogP contribution in [0.3, 0.4) is 0 Å². The second kappa shape index (κ2) is 7.03. The average molecular weight is 420 g/mol. The zero-order valence-corrected chi connectivity index (χ0v) is 15.9. The Kier molecular flexibility index (Phi) is 4.65. The van der Waals surface area contributed by atoms with Crippen LogP contribution in [0.1, 0.15) is 38.7 Å². The van der Waals surface area contributed by atoms with E-state index in [1.54, 1.807) is 7.05 Å². The number of amides is 2. The van der Waals surface area contributed by atoms with Crippen LogP contribution in [0.15, 0.2) is 41.8 Å². The molecule has 3 aromatic rings. The first-order valence-corrected chi connectivity index (χ1v) is 9.51. The molecule has 1 atom stereocenters. The van der Waals surface area contributed by atoms with Crippen LogP contribution in [0.4, 0.5) is 24.8 Å². The van der Waals surface area contributed by atoms with E-state index in [2.05, 4.69) is 15.7 Å². The summed E-state index contributed by atoms with van der Waals surface area (Å²) in [7, 11) is 1.59. The summed E-state index contributed by atoms with van der Waals surface area (Å²) in [5.74, 6) is -0.914. The van der Waals surface area contributed by atoms with E-state index in [0.717, 1.165) is 17.0 Å². The quantitative estimate of drug-likeness (QED) is 0.666. The topological polar surface area (TPSA) is 76.0 Å². The molecule has 2 aromatic heterocycles. The minimum atomic E-state index is -4.66. The van der Waals surface area contributed by atoms with E-state index in [1.165, 1.54) is 28.2 Å². The molecule has 6 nitrogen and oxygen atoms in total. The van der Waals surface area contributed by atoms with Gasteiger partial charge in [-0.05, 0) is 23.6 Å². The number of nitrogens with one attached hydrogen (secondary N) is 2. The van der Waals surface area contributed by atoms with Gasteiger partial charge in [0.2, 0.25) is 5.91 Å². The summed E-state index contributed by atoms with van der Waals surface area (Å²) in [6, 6.07) is 8.29. The minimum absolute atomic E-state index is 0.128. The number of hydrogen-bond donors (Lipinski definition) is 2. The average Bonchev–Trinajstić information content (AvgIpc) is 3.30. The van der Waals surface area contributed by atoms with Crippen molar-refractivity contribution in [3.63, 3.8) is 0 Å². The lowest BCUT2D eigenvalue weighted by Gasteiger charge is -2.23. The lowest BCUT2D eigenvalue weighted by molar-refractivity contribution is -0.137. The molecule has 0 saturated heterocycles. The highest BCUT2D eigenvalue weighted by molar-refractivity contribution is 7.10. The number of halogens is 3. The Hall–Kier alpha value is -3.14. The molecule has 0 radical (unpaired) electrons. The van der Waals surface area contributed by atoms with Gasteiger partial charge in [-0.2, -0.15) is 18.3 Å². The fourth-order valence-electron chi connectivity index (χ4n) is 3.42. The van der Waals surface area contributed by atoms with E-state index < -0.39 is 23.2 Å². The summed E-state index contributed by atoms with van der Waals surface area (Å²) >= 11 is 1.46. The van der Waals surface area contributed by atoms with Crippen LogP contribution in [-0.4, -0.2) is 21.6 Å². The molecule has 1 unspecified atom stereocenters. The van der Waals surface area contributed by atoms with Crippen LogP contribution >= 0.6 is 11.3 Å². The Balaban J connectivity index is 1.74. The highest BCUT2D eigenvalue weighted by Gasteiger charge is 2.37. The van der Waals surface area contributed by atoms with Crippen molar-refractivity contribution in [2.75, 3.05) is 10.6 Å². The molecule has 0 fully saturated rings. The van der Waals surface area contributed by atoms with Crippen molar-refractivity contribution in [1.82, 2.24) is 9.78 Å². The normalized spacial score (nSPS) is 16.3. The fourth-order valence-corrected chi connectivity index (χ4v) is 4.25. The van der Waals surface area contributed by atoms with Crippen LogP contribution in [0.5, 0.6) is 0 Å². The van der Waals surface area contributed by atoms with Gasteiger partial charge in [-0.15, -0.1) is 11.3 Å².